The van der Waals surface area contributed by atoms with Gasteiger partial charge in [-0.2, -0.15) is 0 Å². The second-order valence-corrected chi connectivity index (χ2v) is 6.67. The van der Waals surface area contributed by atoms with Gasteiger partial charge < -0.3 is 10.6 Å². The maximum atomic E-state index is 13.5. The Balaban J connectivity index is 1.87. The molecule has 4 nitrogen and oxygen atoms in total. The molecule has 0 aliphatic heterocycles. The monoisotopic (exact) mass is 292 g/mol. The van der Waals surface area contributed by atoms with Crippen LogP contribution in [0.4, 0.5) is 13.2 Å². The molecule has 2 aliphatic rings. The van der Waals surface area contributed by atoms with Crippen LogP contribution in [0.5, 0.6) is 0 Å². The molecule has 0 radical (unpaired) electrons. The predicted octanol–water partition coefficient (Wildman–Crippen LogP) is 1.40. The van der Waals surface area contributed by atoms with Crippen molar-refractivity contribution in [2.45, 2.75) is 50.7 Å². The Hall–Kier alpha value is -1.27. The van der Waals surface area contributed by atoms with E-state index in [4.69, 9.17) is 0 Å². The Labute approximate surface area is 115 Å². The number of amides is 2. The minimum atomic E-state index is -3.14. The Bertz CT molecular complexity index is 441. The third-order valence-corrected chi connectivity index (χ3v) is 3.56. The number of carbonyl (C=O) groups excluding carboxylic acids is 2. The first-order valence-corrected chi connectivity index (χ1v) is 6.64. The van der Waals surface area contributed by atoms with Gasteiger partial charge in [0.05, 0.1) is 5.92 Å². The minimum Gasteiger partial charge on any atom is -0.353 e. The normalized spacial score (nSPS) is 29.5. The van der Waals surface area contributed by atoms with Crippen molar-refractivity contribution in [3.63, 3.8) is 0 Å². The maximum absolute atomic E-state index is 13.5. The van der Waals surface area contributed by atoms with Crippen molar-refractivity contribution < 1.29 is 22.8 Å². The zero-order chi connectivity index (χ0) is 15.3. The zero-order valence-electron chi connectivity index (χ0n) is 11.7. The lowest BCUT2D eigenvalue weighted by Crippen LogP contribution is -2.42. The molecule has 2 fully saturated rings. The smallest absolute Gasteiger partial charge is 0.265 e. The Morgan fingerprint density at radius 3 is 2.20 bits per heavy atom. The van der Waals surface area contributed by atoms with E-state index in [2.05, 4.69) is 10.6 Å². The quantitative estimate of drug-likeness (QED) is 0.823. The van der Waals surface area contributed by atoms with Gasteiger partial charge in [-0.15, -0.1) is 0 Å². The lowest BCUT2D eigenvalue weighted by atomic mass is 10.1. The first kappa shape index (κ1) is 15.1. The maximum Gasteiger partial charge on any atom is 0.265 e. The summed E-state index contributed by atoms with van der Waals surface area (Å²) >= 11 is 0. The van der Waals surface area contributed by atoms with Crippen molar-refractivity contribution in [2.75, 3.05) is 6.54 Å². The number of hydrogen-bond donors (Lipinski definition) is 2. The Morgan fingerprint density at radius 1 is 1.20 bits per heavy atom. The van der Waals surface area contributed by atoms with Crippen molar-refractivity contribution in [3.8, 4) is 0 Å². The molecule has 0 saturated heterocycles. The fourth-order valence-corrected chi connectivity index (χ4v) is 2.15. The molecule has 2 aliphatic carbocycles. The van der Waals surface area contributed by atoms with E-state index >= 15 is 0 Å². The largest absolute Gasteiger partial charge is 0.353 e. The topological polar surface area (TPSA) is 58.2 Å². The van der Waals surface area contributed by atoms with Crippen molar-refractivity contribution >= 4 is 11.8 Å². The van der Waals surface area contributed by atoms with Gasteiger partial charge >= 0.3 is 0 Å². The molecule has 0 bridgehead atoms. The fraction of sp³-hybridized carbons (Fsp3) is 0.846. The third-order valence-electron chi connectivity index (χ3n) is 3.56. The molecule has 0 heterocycles. The van der Waals surface area contributed by atoms with E-state index in [9.17, 15) is 22.8 Å². The van der Waals surface area contributed by atoms with Gasteiger partial charge in [0.1, 0.15) is 5.92 Å². The van der Waals surface area contributed by atoms with E-state index in [-0.39, 0.29) is 19.4 Å². The summed E-state index contributed by atoms with van der Waals surface area (Å²) in [7, 11) is 0. The highest BCUT2D eigenvalue weighted by Crippen LogP contribution is 2.55. The van der Waals surface area contributed by atoms with Crippen molar-refractivity contribution in [1.29, 1.82) is 0 Å². The van der Waals surface area contributed by atoms with Crippen molar-refractivity contribution in [2.24, 2.45) is 11.8 Å². The molecule has 2 N–H and O–H groups in total. The second kappa shape index (κ2) is 4.36. The fourth-order valence-electron chi connectivity index (χ4n) is 2.15. The molecule has 2 saturated carbocycles. The predicted molar refractivity (Wildman–Crippen MR) is 65.9 cm³/mol. The summed E-state index contributed by atoms with van der Waals surface area (Å²) in [5, 5.41) is 4.67. The Morgan fingerprint density at radius 2 is 1.75 bits per heavy atom. The molecular weight excluding hydrogens is 273 g/mol. The van der Waals surface area contributed by atoms with E-state index in [0.29, 0.717) is 0 Å². The van der Waals surface area contributed by atoms with E-state index in [1.54, 1.807) is 20.8 Å². The molecule has 2 atom stereocenters. The summed E-state index contributed by atoms with van der Waals surface area (Å²) < 4.78 is 40.4. The number of nitrogens with one attached hydrogen (secondary N) is 2. The van der Waals surface area contributed by atoms with Gasteiger partial charge in [-0.05, 0) is 33.6 Å². The van der Waals surface area contributed by atoms with Crippen LogP contribution in [0.1, 0.15) is 33.6 Å². The van der Waals surface area contributed by atoms with Crippen LogP contribution in [-0.4, -0.2) is 35.5 Å². The standard InChI is InChI=1S/C13H19F3N2O2/c1-11(2,3)18-9(19)8-7(13(8,15)16)6-17-10(20)12(14)4-5-12/h7-8H,4-6H2,1-3H3,(H,17,20)(H,18,19). The minimum absolute atomic E-state index is 0.133. The van der Waals surface area contributed by atoms with Crippen LogP contribution in [0.25, 0.3) is 0 Å². The van der Waals surface area contributed by atoms with Gasteiger partial charge in [0.25, 0.3) is 11.8 Å². The van der Waals surface area contributed by atoms with E-state index in [1.807, 2.05) is 0 Å². The number of rotatable bonds is 4. The lowest BCUT2D eigenvalue weighted by molar-refractivity contribution is -0.128. The zero-order valence-corrected chi connectivity index (χ0v) is 11.7. The number of carbonyl (C=O) groups is 2. The van der Waals surface area contributed by atoms with Crippen LogP contribution in [0.2, 0.25) is 0 Å². The molecule has 2 amide bonds. The first-order valence-electron chi connectivity index (χ1n) is 6.64. The first-order chi connectivity index (χ1) is 8.97. The summed E-state index contributed by atoms with van der Waals surface area (Å²) in [4.78, 5) is 23.1. The van der Waals surface area contributed by atoms with Gasteiger partial charge in [0.2, 0.25) is 5.91 Å². The molecule has 20 heavy (non-hydrogen) atoms. The Kier molecular flexibility index (Phi) is 3.30. The van der Waals surface area contributed by atoms with Crippen molar-refractivity contribution in [1.82, 2.24) is 10.6 Å². The summed E-state index contributed by atoms with van der Waals surface area (Å²) in [5.41, 5.74) is -2.48. The molecule has 7 heteroatoms. The highest BCUT2D eigenvalue weighted by Gasteiger charge is 2.72. The molecule has 114 valence electrons. The molecule has 2 rings (SSSR count). The highest BCUT2D eigenvalue weighted by atomic mass is 19.3. The lowest BCUT2D eigenvalue weighted by Gasteiger charge is -2.20. The molecule has 0 aromatic carbocycles. The van der Waals surface area contributed by atoms with Gasteiger partial charge in [-0.25, -0.2) is 13.2 Å². The molecule has 0 aromatic heterocycles. The number of hydrogen-bond acceptors (Lipinski definition) is 2. The van der Waals surface area contributed by atoms with E-state index < -0.39 is 40.8 Å². The van der Waals surface area contributed by atoms with Crippen molar-refractivity contribution in [3.05, 3.63) is 0 Å². The molecule has 0 aromatic rings. The molecule has 2 unspecified atom stereocenters. The van der Waals surface area contributed by atoms with Gasteiger partial charge in [-0.1, -0.05) is 0 Å². The van der Waals surface area contributed by atoms with Crippen LogP contribution in [0, 0.1) is 11.8 Å². The summed E-state index contributed by atoms with van der Waals surface area (Å²) in [6.07, 6.45) is 0.266. The van der Waals surface area contributed by atoms with Gasteiger partial charge in [0.15, 0.2) is 5.67 Å². The number of alkyl halides is 3. The average molecular weight is 292 g/mol. The van der Waals surface area contributed by atoms with Crippen LogP contribution in [0.3, 0.4) is 0 Å². The van der Waals surface area contributed by atoms with Crippen LogP contribution in [-0.2, 0) is 9.59 Å². The molecule has 0 spiro atoms. The van der Waals surface area contributed by atoms with E-state index in [0.717, 1.165) is 0 Å². The van der Waals surface area contributed by atoms with Crippen LogP contribution >= 0.6 is 0 Å². The van der Waals surface area contributed by atoms with Crippen LogP contribution < -0.4 is 10.6 Å². The second-order valence-electron chi connectivity index (χ2n) is 6.67. The molecular formula is C13H19F3N2O2. The highest BCUT2D eigenvalue weighted by molar-refractivity contribution is 5.88. The summed E-state index contributed by atoms with van der Waals surface area (Å²) in [6, 6.07) is 0. The summed E-state index contributed by atoms with van der Waals surface area (Å²) in [6.45, 7) is 4.71. The van der Waals surface area contributed by atoms with Crippen LogP contribution in [0.15, 0.2) is 0 Å². The number of halogens is 3. The van der Waals surface area contributed by atoms with E-state index in [1.165, 1.54) is 0 Å². The van der Waals surface area contributed by atoms with Gasteiger partial charge in [-0.3, -0.25) is 9.59 Å². The SMILES string of the molecule is CC(C)(C)NC(=O)C1C(CNC(=O)C2(F)CC2)C1(F)F. The summed E-state index contributed by atoms with van der Waals surface area (Å²) in [5.74, 6) is -7.43. The van der Waals surface area contributed by atoms with Gasteiger partial charge in [0, 0.05) is 12.1 Å². The third kappa shape index (κ3) is 2.91. The average Bonchev–Trinajstić information content (AvgIpc) is 3.11.